The van der Waals surface area contributed by atoms with Crippen LogP contribution in [-0.2, 0) is 4.79 Å². The van der Waals surface area contributed by atoms with Gasteiger partial charge in [0.1, 0.15) is 0 Å². The molecule has 1 aromatic rings. The molecular formula is C10H10O3Te. The SMILES string of the molecule is COc1cccc([Te]/C=C\C(=O)O)c1. The first-order chi connectivity index (χ1) is 6.72. The number of benzene rings is 1. The second kappa shape index (κ2) is 5.69. The third-order valence-electron chi connectivity index (χ3n) is 1.46. The van der Waals surface area contributed by atoms with Gasteiger partial charge in [0.15, 0.2) is 0 Å². The van der Waals surface area contributed by atoms with Gasteiger partial charge in [-0.1, -0.05) is 0 Å². The summed E-state index contributed by atoms with van der Waals surface area (Å²) in [5.41, 5.74) is 0. The van der Waals surface area contributed by atoms with E-state index in [4.69, 9.17) is 9.84 Å². The predicted octanol–water partition coefficient (Wildman–Crippen LogP) is 0.623. The average molecular weight is 306 g/mol. The zero-order valence-electron chi connectivity index (χ0n) is 7.64. The Morgan fingerprint density at radius 3 is 3.00 bits per heavy atom. The van der Waals surface area contributed by atoms with Crippen LogP contribution in [0, 0.1) is 0 Å². The average Bonchev–Trinajstić information content (AvgIpc) is 2.18. The molecule has 0 radical (unpaired) electrons. The molecule has 74 valence electrons. The van der Waals surface area contributed by atoms with E-state index in [1.165, 1.54) is 6.08 Å². The van der Waals surface area contributed by atoms with Gasteiger partial charge in [-0.3, -0.25) is 0 Å². The summed E-state index contributed by atoms with van der Waals surface area (Å²) in [5, 5.41) is 8.40. The maximum atomic E-state index is 10.2. The molecule has 3 nitrogen and oxygen atoms in total. The normalized spacial score (nSPS) is 10.4. The van der Waals surface area contributed by atoms with Gasteiger partial charge in [0, 0.05) is 0 Å². The van der Waals surface area contributed by atoms with E-state index in [0.29, 0.717) is 0 Å². The van der Waals surface area contributed by atoms with Crippen molar-refractivity contribution >= 4 is 30.5 Å². The molecule has 1 aromatic carbocycles. The summed E-state index contributed by atoms with van der Waals surface area (Å²) in [6.07, 6.45) is 1.20. The van der Waals surface area contributed by atoms with Crippen LogP contribution in [0.3, 0.4) is 0 Å². The topological polar surface area (TPSA) is 46.5 Å². The molecule has 0 bridgehead atoms. The fraction of sp³-hybridized carbons (Fsp3) is 0.100. The minimum absolute atomic E-state index is 0.548. The summed E-state index contributed by atoms with van der Waals surface area (Å²) < 4.78 is 7.96. The van der Waals surface area contributed by atoms with Gasteiger partial charge < -0.3 is 0 Å². The fourth-order valence-electron chi connectivity index (χ4n) is 0.845. The van der Waals surface area contributed by atoms with E-state index in [2.05, 4.69) is 0 Å². The van der Waals surface area contributed by atoms with Crippen molar-refractivity contribution in [2.75, 3.05) is 7.11 Å². The molecule has 0 fully saturated rings. The van der Waals surface area contributed by atoms with Crippen LogP contribution in [0.2, 0.25) is 0 Å². The summed E-state index contributed by atoms with van der Waals surface area (Å²) >= 11 is -0.548. The number of carboxylic acid groups (broad SMARTS) is 1. The predicted molar refractivity (Wildman–Crippen MR) is 55.2 cm³/mol. The summed E-state index contributed by atoms with van der Waals surface area (Å²) in [4.78, 5) is 10.2. The molecular weight excluding hydrogens is 296 g/mol. The van der Waals surface area contributed by atoms with Crippen LogP contribution in [0.4, 0.5) is 0 Å². The molecule has 0 spiro atoms. The van der Waals surface area contributed by atoms with Crippen LogP contribution in [0.15, 0.2) is 34.5 Å². The van der Waals surface area contributed by atoms with E-state index in [9.17, 15) is 4.79 Å². The van der Waals surface area contributed by atoms with Crippen molar-refractivity contribution in [3.8, 4) is 5.75 Å². The van der Waals surface area contributed by atoms with Crippen molar-refractivity contribution in [2.45, 2.75) is 0 Å². The van der Waals surface area contributed by atoms with Crippen molar-refractivity contribution in [1.82, 2.24) is 0 Å². The minimum atomic E-state index is -0.891. The first-order valence-corrected chi connectivity index (χ1v) is 6.43. The van der Waals surface area contributed by atoms with Gasteiger partial charge in [0.25, 0.3) is 0 Å². The number of carboxylic acids is 1. The number of hydrogen-bond donors (Lipinski definition) is 1. The van der Waals surface area contributed by atoms with Gasteiger partial charge in [0.2, 0.25) is 0 Å². The van der Waals surface area contributed by atoms with Crippen LogP contribution in [-0.4, -0.2) is 39.1 Å². The van der Waals surface area contributed by atoms with Crippen molar-refractivity contribution in [2.24, 2.45) is 0 Å². The molecule has 0 saturated carbocycles. The molecule has 4 heteroatoms. The van der Waals surface area contributed by atoms with Crippen molar-refractivity contribution < 1.29 is 14.6 Å². The van der Waals surface area contributed by atoms with Crippen molar-refractivity contribution in [1.29, 1.82) is 0 Å². The van der Waals surface area contributed by atoms with E-state index < -0.39 is 26.9 Å². The summed E-state index contributed by atoms with van der Waals surface area (Å²) in [6, 6.07) is 7.70. The number of rotatable bonds is 4. The molecule has 1 rings (SSSR count). The quantitative estimate of drug-likeness (QED) is 0.655. The number of carbonyl (C=O) groups is 1. The van der Waals surface area contributed by atoms with Crippen LogP contribution >= 0.6 is 0 Å². The first-order valence-electron chi connectivity index (χ1n) is 3.92. The molecule has 0 aliphatic carbocycles. The monoisotopic (exact) mass is 308 g/mol. The molecule has 0 heterocycles. The number of aliphatic carboxylic acids is 1. The fourth-order valence-corrected chi connectivity index (χ4v) is 2.79. The molecule has 14 heavy (non-hydrogen) atoms. The van der Waals surface area contributed by atoms with Crippen LogP contribution in [0.1, 0.15) is 0 Å². The van der Waals surface area contributed by atoms with Crippen LogP contribution in [0.5, 0.6) is 5.75 Å². The summed E-state index contributed by atoms with van der Waals surface area (Å²) in [6.45, 7) is 0. The van der Waals surface area contributed by atoms with E-state index >= 15 is 0 Å². The maximum absolute atomic E-state index is 10.2. The number of methoxy groups -OCH3 is 1. The van der Waals surface area contributed by atoms with Crippen LogP contribution < -0.4 is 8.35 Å². The Morgan fingerprint density at radius 2 is 2.36 bits per heavy atom. The zero-order valence-corrected chi connectivity index (χ0v) is 9.97. The first kappa shape index (κ1) is 11.1. The zero-order chi connectivity index (χ0) is 10.4. The molecule has 0 aliphatic rings. The van der Waals surface area contributed by atoms with E-state index in [1.54, 1.807) is 11.2 Å². The Morgan fingerprint density at radius 1 is 1.57 bits per heavy atom. The molecule has 0 aliphatic heterocycles. The Labute approximate surface area is 92.5 Å². The molecule has 0 saturated heterocycles. The van der Waals surface area contributed by atoms with Gasteiger partial charge in [-0.05, 0) is 0 Å². The van der Waals surface area contributed by atoms with Crippen molar-refractivity contribution in [3.05, 3.63) is 34.5 Å². The molecule has 0 atom stereocenters. The third kappa shape index (κ3) is 3.82. The van der Waals surface area contributed by atoms with Gasteiger partial charge in [-0.15, -0.1) is 0 Å². The van der Waals surface area contributed by atoms with Gasteiger partial charge in [-0.25, -0.2) is 0 Å². The molecule has 1 N–H and O–H groups in total. The number of hydrogen-bond acceptors (Lipinski definition) is 2. The molecule has 0 amide bonds. The Kier molecular flexibility index (Phi) is 4.51. The van der Waals surface area contributed by atoms with E-state index in [-0.39, 0.29) is 0 Å². The van der Waals surface area contributed by atoms with Gasteiger partial charge in [0.05, 0.1) is 0 Å². The van der Waals surface area contributed by atoms with Crippen molar-refractivity contribution in [3.63, 3.8) is 0 Å². The van der Waals surface area contributed by atoms with Crippen LogP contribution in [0.25, 0.3) is 0 Å². The standard InChI is InChI=1S/C10H10O3Te/c1-13-8-3-2-4-9(7-8)14-6-5-10(11)12/h2-7H,1H3,(H,11,12)/b6-5-. The summed E-state index contributed by atoms with van der Waals surface area (Å²) in [5.74, 6) is -0.0747. The van der Waals surface area contributed by atoms with Gasteiger partial charge >= 0.3 is 92.5 Å². The van der Waals surface area contributed by atoms with Gasteiger partial charge in [-0.2, -0.15) is 0 Å². The summed E-state index contributed by atoms with van der Waals surface area (Å²) in [7, 11) is 1.62. The van der Waals surface area contributed by atoms with E-state index in [1.807, 2.05) is 24.3 Å². The van der Waals surface area contributed by atoms with E-state index in [0.717, 1.165) is 9.36 Å². The number of ether oxygens (including phenoxy) is 1. The molecule has 0 aromatic heterocycles. The Bertz CT molecular complexity index is 347. The third-order valence-corrected chi connectivity index (χ3v) is 3.73. The Balaban J connectivity index is 2.63. The second-order valence-corrected chi connectivity index (χ2v) is 5.23. The Hall–Kier alpha value is -0.980. The second-order valence-electron chi connectivity index (χ2n) is 2.44. The molecule has 0 unspecified atom stereocenters.